The molecule has 12 heteroatoms. The number of guanidine groups is 1. The van der Waals surface area contributed by atoms with E-state index in [2.05, 4.69) is 71.8 Å². The Labute approximate surface area is 264 Å². The average Bonchev–Trinajstić information content (AvgIpc) is 3.26. The molecule has 4 rings (SSSR count). The Balaban J connectivity index is 1.69. The van der Waals surface area contributed by atoms with Gasteiger partial charge in [0.25, 0.3) is 5.96 Å². The van der Waals surface area contributed by atoms with Crippen LogP contribution in [0.1, 0.15) is 113 Å². The fourth-order valence-electron chi connectivity index (χ4n) is 7.61. The van der Waals surface area contributed by atoms with Gasteiger partial charge in [0.05, 0.1) is 17.6 Å². The van der Waals surface area contributed by atoms with Gasteiger partial charge in [-0.2, -0.15) is 0 Å². The van der Waals surface area contributed by atoms with Gasteiger partial charge in [-0.3, -0.25) is 9.59 Å². The minimum Gasteiger partial charge on any atom is -0.404 e. The highest BCUT2D eigenvalue weighted by Crippen LogP contribution is 2.65. The molecule has 2 bridgehead atoms. The molecule has 3 aliphatic carbocycles. The average molecular weight is 618 g/mol. The number of nitrogens with one attached hydrogen (secondary N) is 2. The third-order valence-electron chi connectivity index (χ3n) is 10.2. The number of carbonyl (C=O) groups is 2. The number of carbonyl (C=O) groups excluding carboxylic acids is 2. The van der Waals surface area contributed by atoms with Gasteiger partial charge in [-0.05, 0) is 94.8 Å². The number of ketones is 1. The zero-order valence-electron chi connectivity index (χ0n) is 28.2. The number of nitro groups is 1. The molecule has 44 heavy (non-hydrogen) atoms. The summed E-state index contributed by atoms with van der Waals surface area (Å²) in [6, 6.07) is 0. The van der Waals surface area contributed by atoms with Crippen LogP contribution in [0.25, 0.3) is 0 Å². The largest absolute Gasteiger partial charge is 0.481 e. The number of hydrazine groups is 1. The molecule has 0 spiro atoms. The lowest BCUT2D eigenvalue weighted by Gasteiger charge is -2.64. The van der Waals surface area contributed by atoms with Crippen LogP contribution in [0.3, 0.4) is 0 Å². The number of nitrogens with zero attached hydrogens (tertiary/aromatic N) is 2. The van der Waals surface area contributed by atoms with E-state index >= 15 is 0 Å². The van der Waals surface area contributed by atoms with Crippen LogP contribution in [0.4, 0.5) is 0 Å². The molecule has 248 valence electrons. The predicted octanol–water partition coefficient (Wildman–Crippen LogP) is 5.01. The molecule has 3 saturated carbocycles. The van der Waals surface area contributed by atoms with Gasteiger partial charge in [-0.1, -0.05) is 51.7 Å². The van der Waals surface area contributed by atoms with E-state index in [-0.39, 0.29) is 59.6 Å². The molecule has 0 unspecified atom stereocenters. The van der Waals surface area contributed by atoms with E-state index in [4.69, 9.17) is 15.0 Å². The van der Waals surface area contributed by atoms with Crippen molar-refractivity contribution in [1.29, 1.82) is 0 Å². The van der Waals surface area contributed by atoms with Crippen LogP contribution in [0.2, 0.25) is 0 Å². The lowest BCUT2D eigenvalue weighted by molar-refractivity contribution is -0.525. The van der Waals surface area contributed by atoms with Crippen LogP contribution in [-0.2, 0) is 18.9 Å². The van der Waals surface area contributed by atoms with Crippen molar-refractivity contribution < 1.29 is 23.9 Å². The second kappa shape index (κ2) is 15.2. The number of hydrogen-bond donors (Lipinski definition) is 3. The van der Waals surface area contributed by atoms with E-state index in [1.54, 1.807) is 0 Å². The van der Waals surface area contributed by atoms with Crippen LogP contribution in [0, 0.1) is 45.1 Å². The third-order valence-corrected chi connectivity index (χ3v) is 10.2. The lowest BCUT2D eigenvalue weighted by atomic mass is 9.43. The summed E-state index contributed by atoms with van der Waals surface area (Å²) in [5.41, 5.74) is 8.48. The highest BCUT2D eigenvalue weighted by Gasteiger charge is 2.68. The number of nitrogens with two attached hydrogens (primary N) is 1. The molecular weight excluding hydrogens is 561 g/mol. The monoisotopic (exact) mass is 617 g/mol. The van der Waals surface area contributed by atoms with Crippen LogP contribution in [0.15, 0.2) is 16.6 Å². The van der Waals surface area contributed by atoms with E-state index in [1.165, 1.54) is 5.57 Å². The van der Waals surface area contributed by atoms with E-state index in [0.29, 0.717) is 43.4 Å². The van der Waals surface area contributed by atoms with Crippen molar-refractivity contribution >= 4 is 24.8 Å². The fraction of sp³-hybridized carbons (Fsp3) is 0.844. The molecule has 1 saturated heterocycles. The Bertz CT molecular complexity index is 1090. The zero-order valence-corrected chi connectivity index (χ0v) is 28.2. The molecule has 0 radical (unpaired) electrons. The first kappa shape index (κ1) is 36.0. The van der Waals surface area contributed by atoms with E-state index in [0.717, 1.165) is 25.7 Å². The Morgan fingerprint density at radius 3 is 2.48 bits per heavy atom. The van der Waals surface area contributed by atoms with Gasteiger partial charge in [0.1, 0.15) is 5.78 Å². The van der Waals surface area contributed by atoms with Crippen LogP contribution < -0.4 is 16.5 Å². The van der Waals surface area contributed by atoms with Gasteiger partial charge in [-0.25, -0.2) is 15.1 Å². The summed E-state index contributed by atoms with van der Waals surface area (Å²) in [6.07, 6.45) is 8.24. The Hall–Kier alpha value is -2.47. The maximum atomic E-state index is 13.9. The molecule has 11 nitrogen and oxygen atoms in total. The molecule has 0 aromatic heterocycles. The molecule has 0 aromatic rings. The number of aliphatic imine (C=N–C) groups is 1. The Kier molecular flexibility index (Phi) is 12.4. The number of rotatable bonds is 17. The molecular formula is C32H56BN5O6. The Morgan fingerprint density at radius 2 is 1.86 bits per heavy atom. The fourth-order valence-corrected chi connectivity index (χ4v) is 7.61. The van der Waals surface area contributed by atoms with Gasteiger partial charge >= 0.3 is 7.12 Å². The minimum absolute atomic E-state index is 0.0112. The minimum atomic E-state index is -0.768. The summed E-state index contributed by atoms with van der Waals surface area (Å²) in [7, 11) is -0.546. The smallest absolute Gasteiger partial charge is 0.404 e. The maximum absolute atomic E-state index is 13.9. The van der Waals surface area contributed by atoms with Crippen molar-refractivity contribution in [2.24, 2.45) is 45.7 Å². The normalized spacial score (nSPS) is 27.5. The first-order chi connectivity index (χ1) is 20.5. The zero-order chi connectivity index (χ0) is 32.8. The van der Waals surface area contributed by atoms with Crippen LogP contribution in [-0.4, -0.2) is 54.0 Å². The topological polar surface area (TPSA) is 158 Å². The van der Waals surface area contributed by atoms with Gasteiger partial charge in [-0.15, -0.1) is 0 Å². The van der Waals surface area contributed by atoms with E-state index < -0.39 is 18.1 Å². The predicted molar refractivity (Wildman–Crippen MR) is 173 cm³/mol. The van der Waals surface area contributed by atoms with E-state index in [1.807, 2.05) is 5.43 Å². The summed E-state index contributed by atoms with van der Waals surface area (Å²) in [5.74, 6) is 0.219. The van der Waals surface area contributed by atoms with Crippen molar-refractivity contribution in [2.45, 2.75) is 131 Å². The molecule has 4 N–H and O–H groups in total. The molecule has 1 aliphatic heterocycles. The summed E-state index contributed by atoms with van der Waals surface area (Å²) >= 11 is 0. The van der Waals surface area contributed by atoms with Crippen LogP contribution >= 0.6 is 0 Å². The standard InChI is InChI=1S/C32H56BN5O6/c1-20(2)11-9-12-22(5)16-25(39)17-23(13-10-14-35-30(34)37-38(41)42)29(40)36-28(15-21(3)4)33-43-27-19-24-18-26(31(24,6)7)32(27,8)44-33/h11,21-24,26-28H,9-10,12-19H2,1-8H3,(H,36,40)(H3,34,35,37)/t22-,23-,24+,26+,27-,28+,32+/m1/s1. The van der Waals surface area contributed by atoms with Gasteiger partial charge in [0, 0.05) is 25.3 Å². The molecule has 1 heterocycles. The van der Waals surface area contributed by atoms with Gasteiger partial charge < -0.3 is 20.4 Å². The highest BCUT2D eigenvalue weighted by molar-refractivity contribution is 6.47. The first-order valence-electron chi connectivity index (χ1n) is 16.5. The van der Waals surface area contributed by atoms with E-state index in [9.17, 15) is 19.7 Å². The van der Waals surface area contributed by atoms with Crippen molar-refractivity contribution in [3.05, 3.63) is 21.8 Å². The maximum Gasteiger partial charge on any atom is 0.481 e. The Morgan fingerprint density at radius 1 is 1.16 bits per heavy atom. The number of allylic oxidation sites excluding steroid dienone is 2. The van der Waals surface area contributed by atoms with Crippen molar-refractivity contribution in [3.8, 4) is 0 Å². The summed E-state index contributed by atoms with van der Waals surface area (Å²) in [5, 5.41) is 13.1. The van der Waals surface area contributed by atoms with Crippen molar-refractivity contribution in [3.63, 3.8) is 0 Å². The molecule has 0 aromatic carbocycles. The second-order valence-corrected chi connectivity index (χ2v) is 15.0. The third kappa shape index (κ3) is 9.28. The SMILES string of the molecule is CC(C)=CCC[C@@H](C)CC(=O)C[C@@H](CCCN=C(N)N[N+](=O)[O-])C(=O)N[C@@H](CC(C)C)B1O[C@@H]2C[C@@H]3C[C@@H](C3(C)C)[C@]2(C)O1. The van der Waals surface area contributed by atoms with Gasteiger partial charge in [0.2, 0.25) is 5.91 Å². The van der Waals surface area contributed by atoms with Crippen molar-refractivity contribution in [2.75, 3.05) is 6.54 Å². The molecule has 7 atom stereocenters. The number of amides is 1. The quantitative estimate of drug-likeness (QED) is 0.0391. The first-order valence-corrected chi connectivity index (χ1v) is 16.5. The second-order valence-electron chi connectivity index (χ2n) is 15.0. The number of Topliss-reactive ketones (excluding diaryl/α,β-unsaturated/α-hetero) is 1. The molecule has 4 fully saturated rings. The number of hydrogen-bond acceptors (Lipinski definition) is 7. The lowest BCUT2D eigenvalue weighted by Crippen LogP contribution is -2.65. The van der Waals surface area contributed by atoms with Crippen molar-refractivity contribution in [1.82, 2.24) is 10.7 Å². The van der Waals surface area contributed by atoms with Gasteiger partial charge in [0.15, 0.2) is 5.03 Å². The summed E-state index contributed by atoms with van der Waals surface area (Å²) in [4.78, 5) is 41.6. The molecule has 1 amide bonds. The molecule has 4 aliphatic rings. The van der Waals surface area contributed by atoms with Crippen LogP contribution in [0.5, 0.6) is 0 Å². The highest BCUT2D eigenvalue weighted by atomic mass is 16.7. The summed E-state index contributed by atoms with van der Waals surface area (Å²) in [6.45, 7) is 17.5. The summed E-state index contributed by atoms with van der Waals surface area (Å²) < 4.78 is 13.3.